The van der Waals surface area contributed by atoms with Crippen molar-refractivity contribution in [3.8, 4) is 11.9 Å². The zero-order valence-corrected chi connectivity index (χ0v) is 15.8. The highest BCUT2D eigenvalue weighted by Gasteiger charge is 2.21. The van der Waals surface area contributed by atoms with Gasteiger partial charge >= 0.3 is 0 Å². The molecule has 0 spiro atoms. The van der Waals surface area contributed by atoms with Crippen molar-refractivity contribution in [2.45, 2.75) is 13.0 Å². The number of aliphatic imine (C=N–C) groups is 1. The Bertz CT molecular complexity index is 564. The SMILES string of the molecule is CS/C(=N\C#N)N1CCN(CC(C)Oc2ccc(Br)cc2)CC1. The molecule has 1 aromatic carbocycles. The van der Waals surface area contributed by atoms with Crippen LogP contribution in [0.15, 0.2) is 33.7 Å². The molecule has 1 atom stereocenters. The van der Waals surface area contributed by atoms with Gasteiger partial charge in [-0.3, -0.25) is 4.90 Å². The number of ether oxygens (including phenoxy) is 1. The van der Waals surface area contributed by atoms with Gasteiger partial charge in [0.1, 0.15) is 11.9 Å². The first-order valence-electron chi connectivity index (χ1n) is 7.52. The third kappa shape index (κ3) is 5.72. The molecule has 0 N–H and O–H groups in total. The number of thioether (sulfide) groups is 1. The largest absolute Gasteiger partial charge is 0.489 e. The van der Waals surface area contributed by atoms with Gasteiger partial charge in [-0.2, -0.15) is 5.26 Å². The van der Waals surface area contributed by atoms with Crippen LogP contribution in [-0.2, 0) is 0 Å². The number of piperazine rings is 1. The van der Waals surface area contributed by atoms with Crippen LogP contribution in [-0.4, -0.2) is 60.1 Å². The molecule has 7 heteroatoms. The number of hydrogen-bond donors (Lipinski definition) is 0. The van der Waals surface area contributed by atoms with E-state index in [0.717, 1.165) is 48.1 Å². The molecule has 1 heterocycles. The van der Waals surface area contributed by atoms with Crippen LogP contribution >= 0.6 is 27.7 Å². The smallest absolute Gasteiger partial charge is 0.208 e. The van der Waals surface area contributed by atoms with Crippen LogP contribution in [0.5, 0.6) is 5.75 Å². The molecule has 1 aromatic rings. The number of nitriles is 1. The first-order valence-corrected chi connectivity index (χ1v) is 9.54. The standard InChI is InChI=1S/C16H21BrN4OS/c1-13(22-15-5-3-14(17)4-6-15)11-20-7-9-21(10-8-20)16(23-2)19-12-18/h3-6,13H,7-11H2,1-2H3/b19-16-. The van der Waals surface area contributed by atoms with E-state index >= 15 is 0 Å². The third-order valence-electron chi connectivity index (χ3n) is 3.64. The maximum Gasteiger partial charge on any atom is 0.208 e. The topological polar surface area (TPSA) is 51.9 Å². The van der Waals surface area contributed by atoms with E-state index in [1.54, 1.807) is 0 Å². The Morgan fingerprint density at radius 2 is 2.00 bits per heavy atom. The van der Waals surface area contributed by atoms with Gasteiger partial charge in [0.25, 0.3) is 0 Å². The Kier molecular flexibility index (Phi) is 7.21. The van der Waals surface area contributed by atoms with Gasteiger partial charge in [0, 0.05) is 37.2 Å². The number of benzene rings is 1. The quantitative estimate of drug-likeness (QED) is 0.444. The van der Waals surface area contributed by atoms with Crippen LogP contribution < -0.4 is 4.74 Å². The van der Waals surface area contributed by atoms with E-state index in [9.17, 15) is 0 Å². The van der Waals surface area contributed by atoms with Crippen LogP contribution in [0.2, 0.25) is 0 Å². The lowest BCUT2D eigenvalue weighted by atomic mass is 10.3. The first-order chi connectivity index (χ1) is 11.1. The van der Waals surface area contributed by atoms with Crippen LogP contribution in [0.1, 0.15) is 6.92 Å². The van der Waals surface area contributed by atoms with Crippen molar-refractivity contribution in [1.29, 1.82) is 5.26 Å². The van der Waals surface area contributed by atoms with Gasteiger partial charge < -0.3 is 9.64 Å². The highest BCUT2D eigenvalue weighted by Crippen LogP contribution is 2.18. The van der Waals surface area contributed by atoms with E-state index in [-0.39, 0.29) is 6.10 Å². The Hall–Kier alpha value is -1.23. The minimum atomic E-state index is 0.135. The Labute approximate surface area is 150 Å². The second kappa shape index (κ2) is 9.16. The molecule has 124 valence electrons. The average Bonchev–Trinajstić information content (AvgIpc) is 2.55. The molecule has 2 rings (SSSR count). The number of nitrogens with zero attached hydrogens (tertiary/aromatic N) is 4. The number of rotatable bonds is 4. The molecule has 0 aliphatic carbocycles. The Morgan fingerprint density at radius 1 is 1.35 bits per heavy atom. The maximum absolute atomic E-state index is 8.72. The lowest BCUT2D eigenvalue weighted by Crippen LogP contribution is -2.50. The van der Waals surface area contributed by atoms with Crippen molar-refractivity contribution < 1.29 is 4.74 Å². The summed E-state index contributed by atoms with van der Waals surface area (Å²) in [6.45, 7) is 6.70. The summed E-state index contributed by atoms with van der Waals surface area (Å²) in [4.78, 5) is 8.44. The minimum Gasteiger partial charge on any atom is -0.489 e. The van der Waals surface area contributed by atoms with Crippen molar-refractivity contribution in [3.63, 3.8) is 0 Å². The Balaban J connectivity index is 1.78. The van der Waals surface area contributed by atoms with Crippen molar-refractivity contribution in [3.05, 3.63) is 28.7 Å². The monoisotopic (exact) mass is 396 g/mol. The zero-order valence-electron chi connectivity index (χ0n) is 13.4. The summed E-state index contributed by atoms with van der Waals surface area (Å²) < 4.78 is 7.01. The van der Waals surface area contributed by atoms with Gasteiger partial charge in [-0.05, 0) is 37.4 Å². The summed E-state index contributed by atoms with van der Waals surface area (Å²) >= 11 is 4.95. The van der Waals surface area contributed by atoms with Crippen molar-refractivity contribution >= 4 is 32.9 Å². The van der Waals surface area contributed by atoms with Crippen LogP contribution in [0.4, 0.5) is 0 Å². The summed E-state index contributed by atoms with van der Waals surface area (Å²) in [5, 5.41) is 9.53. The summed E-state index contributed by atoms with van der Waals surface area (Å²) in [5.74, 6) is 0.894. The van der Waals surface area contributed by atoms with Gasteiger partial charge in [0.2, 0.25) is 6.19 Å². The molecule has 1 aliphatic heterocycles. The fourth-order valence-corrected chi connectivity index (χ4v) is 3.39. The normalized spacial score (nSPS) is 17.7. The summed E-state index contributed by atoms with van der Waals surface area (Å²) in [7, 11) is 0. The van der Waals surface area contributed by atoms with Gasteiger partial charge in [-0.25, -0.2) is 0 Å². The van der Waals surface area contributed by atoms with E-state index < -0.39 is 0 Å². The van der Waals surface area contributed by atoms with Crippen molar-refractivity contribution in [2.24, 2.45) is 4.99 Å². The van der Waals surface area contributed by atoms with Gasteiger partial charge in [-0.1, -0.05) is 27.7 Å². The average molecular weight is 397 g/mol. The van der Waals surface area contributed by atoms with Crippen LogP contribution in [0.3, 0.4) is 0 Å². The predicted molar refractivity (Wildman–Crippen MR) is 98.8 cm³/mol. The van der Waals surface area contributed by atoms with Crippen LogP contribution in [0, 0.1) is 11.5 Å². The molecule has 1 aliphatic rings. The molecule has 23 heavy (non-hydrogen) atoms. The third-order valence-corrected chi connectivity index (χ3v) is 4.88. The molecular weight excluding hydrogens is 376 g/mol. The van der Waals surface area contributed by atoms with E-state index in [2.05, 4.69) is 37.6 Å². The number of halogens is 1. The van der Waals surface area contributed by atoms with Gasteiger partial charge in [0.05, 0.1) is 0 Å². The summed E-state index contributed by atoms with van der Waals surface area (Å²) in [6.07, 6.45) is 3.97. The van der Waals surface area contributed by atoms with E-state index in [1.807, 2.05) is 36.7 Å². The molecule has 0 aromatic heterocycles. The molecule has 1 fully saturated rings. The highest BCUT2D eigenvalue weighted by molar-refractivity contribution is 9.10. The minimum absolute atomic E-state index is 0.135. The van der Waals surface area contributed by atoms with Gasteiger partial charge in [0.15, 0.2) is 5.17 Å². The van der Waals surface area contributed by atoms with E-state index in [0.29, 0.717) is 0 Å². The number of hydrogen-bond acceptors (Lipinski definition) is 5. The predicted octanol–water partition coefficient (Wildman–Crippen LogP) is 3.03. The summed E-state index contributed by atoms with van der Waals surface area (Å²) in [6, 6.07) is 7.92. The number of amidine groups is 1. The second-order valence-corrected chi connectivity index (χ2v) is 7.06. The first kappa shape index (κ1) is 18.1. The molecule has 0 radical (unpaired) electrons. The lowest BCUT2D eigenvalue weighted by Gasteiger charge is -2.36. The van der Waals surface area contributed by atoms with Crippen molar-refractivity contribution in [2.75, 3.05) is 39.0 Å². The molecular formula is C16H21BrN4OS. The maximum atomic E-state index is 8.72. The molecule has 0 saturated carbocycles. The molecule has 5 nitrogen and oxygen atoms in total. The summed E-state index contributed by atoms with van der Waals surface area (Å²) in [5.41, 5.74) is 0. The fraction of sp³-hybridized carbons (Fsp3) is 0.500. The zero-order chi connectivity index (χ0) is 16.7. The fourth-order valence-electron chi connectivity index (χ4n) is 2.56. The molecule has 1 saturated heterocycles. The lowest BCUT2D eigenvalue weighted by molar-refractivity contribution is 0.115. The molecule has 1 unspecified atom stereocenters. The van der Waals surface area contributed by atoms with Crippen LogP contribution in [0.25, 0.3) is 0 Å². The second-order valence-electron chi connectivity index (χ2n) is 5.37. The van der Waals surface area contributed by atoms with E-state index in [1.165, 1.54) is 11.8 Å². The highest BCUT2D eigenvalue weighted by atomic mass is 79.9. The Morgan fingerprint density at radius 3 is 2.57 bits per heavy atom. The molecule has 0 bridgehead atoms. The van der Waals surface area contributed by atoms with Gasteiger partial charge in [-0.15, -0.1) is 4.99 Å². The molecule has 0 amide bonds. The van der Waals surface area contributed by atoms with Crippen molar-refractivity contribution in [1.82, 2.24) is 9.80 Å². The van der Waals surface area contributed by atoms with E-state index in [4.69, 9.17) is 10.00 Å².